The molecule has 1 saturated carbocycles. The molecule has 3 amide bonds. The number of hydrogen-bond acceptors (Lipinski definition) is 3. The molecule has 0 aromatic carbocycles. The highest BCUT2D eigenvalue weighted by atomic mass is 16.2. The van der Waals surface area contributed by atoms with Crippen LogP contribution in [0.2, 0.25) is 0 Å². The third-order valence-corrected chi connectivity index (χ3v) is 5.48. The quantitative estimate of drug-likeness (QED) is 0.549. The molecule has 0 unspecified atom stereocenters. The SMILES string of the molecule is O=C(CCCNC(=O)NC1CCCCC1)NCCCN1CCCCCC1. The molecule has 0 atom stereocenters. The zero-order chi connectivity index (χ0) is 18.5. The lowest BCUT2D eigenvalue weighted by Crippen LogP contribution is -2.43. The number of nitrogens with zero attached hydrogens (tertiary/aromatic N) is 1. The average Bonchev–Trinajstić information content (AvgIpc) is 2.92. The second-order valence-electron chi connectivity index (χ2n) is 7.80. The minimum Gasteiger partial charge on any atom is -0.356 e. The van der Waals surface area contributed by atoms with Crippen molar-refractivity contribution in [3.05, 3.63) is 0 Å². The lowest BCUT2D eigenvalue weighted by atomic mass is 9.96. The number of rotatable bonds is 9. The number of hydrogen-bond donors (Lipinski definition) is 3. The zero-order valence-electron chi connectivity index (χ0n) is 16.4. The second kappa shape index (κ2) is 13.0. The molecule has 1 heterocycles. The fourth-order valence-corrected chi connectivity index (χ4v) is 3.91. The van der Waals surface area contributed by atoms with Gasteiger partial charge in [0.15, 0.2) is 0 Å². The van der Waals surface area contributed by atoms with Crippen LogP contribution in [-0.4, -0.2) is 55.6 Å². The molecule has 1 saturated heterocycles. The molecule has 2 aliphatic rings. The molecule has 150 valence electrons. The van der Waals surface area contributed by atoms with Crippen LogP contribution in [0.5, 0.6) is 0 Å². The molecule has 3 N–H and O–H groups in total. The van der Waals surface area contributed by atoms with Crippen LogP contribution < -0.4 is 16.0 Å². The predicted octanol–water partition coefficient (Wildman–Crippen LogP) is 2.78. The van der Waals surface area contributed by atoms with Crippen LogP contribution in [0, 0.1) is 0 Å². The van der Waals surface area contributed by atoms with E-state index in [2.05, 4.69) is 20.9 Å². The largest absolute Gasteiger partial charge is 0.356 e. The van der Waals surface area contributed by atoms with Crippen molar-refractivity contribution in [2.75, 3.05) is 32.7 Å². The summed E-state index contributed by atoms with van der Waals surface area (Å²) in [5.74, 6) is 0.0929. The van der Waals surface area contributed by atoms with Gasteiger partial charge in [-0.25, -0.2) is 4.79 Å². The summed E-state index contributed by atoms with van der Waals surface area (Å²) in [6.45, 7) is 4.82. The normalized spacial score (nSPS) is 19.5. The van der Waals surface area contributed by atoms with Gasteiger partial charge >= 0.3 is 6.03 Å². The van der Waals surface area contributed by atoms with Crippen molar-refractivity contribution in [2.24, 2.45) is 0 Å². The molecule has 2 rings (SSSR count). The van der Waals surface area contributed by atoms with Crippen molar-refractivity contribution in [1.82, 2.24) is 20.9 Å². The molecule has 0 radical (unpaired) electrons. The lowest BCUT2D eigenvalue weighted by Gasteiger charge is -2.22. The van der Waals surface area contributed by atoms with Gasteiger partial charge < -0.3 is 20.9 Å². The predicted molar refractivity (Wildman–Crippen MR) is 105 cm³/mol. The first-order valence-corrected chi connectivity index (χ1v) is 10.8. The summed E-state index contributed by atoms with van der Waals surface area (Å²) in [6, 6.07) is 0.242. The topological polar surface area (TPSA) is 73.5 Å². The van der Waals surface area contributed by atoms with E-state index in [1.807, 2.05) is 0 Å². The van der Waals surface area contributed by atoms with Crippen LogP contribution in [0.25, 0.3) is 0 Å². The summed E-state index contributed by atoms with van der Waals surface area (Å²) in [6.07, 6.45) is 13.4. The van der Waals surface area contributed by atoms with Crippen LogP contribution in [0.4, 0.5) is 4.79 Å². The fourth-order valence-electron chi connectivity index (χ4n) is 3.91. The van der Waals surface area contributed by atoms with E-state index in [-0.39, 0.29) is 11.9 Å². The van der Waals surface area contributed by atoms with E-state index in [9.17, 15) is 9.59 Å². The number of carbonyl (C=O) groups is 2. The maximum Gasteiger partial charge on any atom is 0.315 e. The van der Waals surface area contributed by atoms with E-state index in [1.54, 1.807) is 0 Å². The Morgan fingerprint density at radius 3 is 2.19 bits per heavy atom. The summed E-state index contributed by atoms with van der Waals surface area (Å²) in [7, 11) is 0. The Bertz CT molecular complexity index is 403. The van der Waals surface area contributed by atoms with Gasteiger partial charge in [-0.15, -0.1) is 0 Å². The van der Waals surface area contributed by atoms with Crippen molar-refractivity contribution in [1.29, 1.82) is 0 Å². The molecule has 1 aliphatic carbocycles. The van der Waals surface area contributed by atoms with Gasteiger partial charge in [-0.05, 0) is 58.2 Å². The van der Waals surface area contributed by atoms with Gasteiger partial charge in [-0.2, -0.15) is 0 Å². The van der Waals surface area contributed by atoms with Crippen molar-refractivity contribution in [3.8, 4) is 0 Å². The molecule has 0 aromatic heterocycles. The summed E-state index contributed by atoms with van der Waals surface area (Å²) >= 11 is 0. The molecular weight excluding hydrogens is 328 g/mol. The molecule has 0 bridgehead atoms. The van der Waals surface area contributed by atoms with Gasteiger partial charge in [0, 0.05) is 25.6 Å². The van der Waals surface area contributed by atoms with Crippen LogP contribution in [0.15, 0.2) is 0 Å². The van der Waals surface area contributed by atoms with Crippen molar-refractivity contribution >= 4 is 11.9 Å². The zero-order valence-corrected chi connectivity index (χ0v) is 16.4. The van der Waals surface area contributed by atoms with E-state index in [0.717, 1.165) is 32.4 Å². The Kier molecular flexibility index (Phi) is 10.5. The smallest absolute Gasteiger partial charge is 0.315 e. The molecular formula is C20H38N4O2. The van der Waals surface area contributed by atoms with Crippen LogP contribution in [-0.2, 0) is 4.79 Å². The molecule has 0 spiro atoms. The number of urea groups is 1. The monoisotopic (exact) mass is 366 g/mol. The minimum absolute atomic E-state index is 0.0882. The lowest BCUT2D eigenvalue weighted by molar-refractivity contribution is -0.121. The Hall–Kier alpha value is -1.30. The van der Waals surface area contributed by atoms with Gasteiger partial charge in [0.2, 0.25) is 5.91 Å². The van der Waals surface area contributed by atoms with Gasteiger partial charge in [0.25, 0.3) is 0 Å². The summed E-state index contributed by atoms with van der Waals surface area (Å²) < 4.78 is 0. The van der Waals surface area contributed by atoms with Crippen molar-refractivity contribution in [2.45, 2.75) is 83.1 Å². The van der Waals surface area contributed by atoms with Crippen LogP contribution in [0.1, 0.15) is 77.0 Å². The first kappa shape index (κ1) is 21.0. The number of likely N-dealkylation sites (tertiary alicyclic amines) is 1. The molecule has 0 aromatic rings. The Labute approximate surface area is 158 Å². The Morgan fingerprint density at radius 2 is 1.46 bits per heavy atom. The summed E-state index contributed by atoms with van der Waals surface area (Å²) in [5.41, 5.74) is 0. The van der Waals surface area contributed by atoms with Crippen LogP contribution >= 0.6 is 0 Å². The van der Waals surface area contributed by atoms with E-state index >= 15 is 0 Å². The third kappa shape index (κ3) is 9.41. The van der Waals surface area contributed by atoms with Gasteiger partial charge in [0.05, 0.1) is 0 Å². The van der Waals surface area contributed by atoms with Gasteiger partial charge in [-0.1, -0.05) is 32.1 Å². The van der Waals surface area contributed by atoms with Gasteiger partial charge in [0.1, 0.15) is 0 Å². The first-order chi connectivity index (χ1) is 12.7. The van der Waals surface area contributed by atoms with E-state index in [4.69, 9.17) is 0 Å². The maximum absolute atomic E-state index is 11.9. The molecule has 1 aliphatic heterocycles. The Morgan fingerprint density at radius 1 is 0.808 bits per heavy atom. The summed E-state index contributed by atoms with van der Waals surface area (Å²) in [4.78, 5) is 26.2. The third-order valence-electron chi connectivity index (χ3n) is 5.48. The summed E-state index contributed by atoms with van der Waals surface area (Å²) in [5, 5.41) is 8.89. The molecule has 6 nitrogen and oxygen atoms in total. The van der Waals surface area contributed by atoms with Gasteiger partial charge in [-0.3, -0.25) is 4.79 Å². The van der Waals surface area contributed by atoms with E-state index < -0.39 is 0 Å². The maximum atomic E-state index is 11.9. The Balaban J connectivity index is 1.41. The highest BCUT2D eigenvalue weighted by Crippen LogP contribution is 2.17. The number of carbonyl (C=O) groups excluding carboxylic acids is 2. The molecule has 6 heteroatoms. The number of amides is 3. The highest BCUT2D eigenvalue weighted by molar-refractivity contribution is 5.76. The van der Waals surface area contributed by atoms with Crippen molar-refractivity contribution in [3.63, 3.8) is 0 Å². The molecule has 26 heavy (non-hydrogen) atoms. The molecule has 2 fully saturated rings. The first-order valence-electron chi connectivity index (χ1n) is 10.8. The average molecular weight is 367 g/mol. The van der Waals surface area contributed by atoms with E-state index in [0.29, 0.717) is 25.4 Å². The second-order valence-corrected chi connectivity index (χ2v) is 7.80. The van der Waals surface area contributed by atoms with E-state index in [1.165, 1.54) is 58.0 Å². The van der Waals surface area contributed by atoms with Crippen LogP contribution in [0.3, 0.4) is 0 Å². The number of nitrogens with one attached hydrogen (secondary N) is 3. The van der Waals surface area contributed by atoms with Crippen molar-refractivity contribution < 1.29 is 9.59 Å². The highest BCUT2D eigenvalue weighted by Gasteiger charge is 2.15. The minimum atomic E-state index is -0.0882. The standard InChI is InChI=1S/C20H38N4O2/c25-19(21-14-9-17-24-15-6-1-2-7-16-24)12-8-13-22-20(26)23-18-10-4-3-5-11-18/h18H,1-17H2,(H,21,25)(H2,22,23,26). The fraction of sp³-hybridized carbons (Fsp3) is 0.900.